The van der Waals surface area contributed by atoms with E-state index in [4.69, 9.17) is 14.2 Å². The van der Waals surface area contributed by atoms with E-state index in [1.165, 1.54) is 19.3 Å². The second kappa shape index (κ2) is 8.48. The Hall–Kier alpha value is -2.24. The Morgan fingerprint density at radius 1 is 1.03 bits per heavy atom. The quantitative estimate of drug-likeness (QED) is 0.656. The number of nitrogens with one attached hydrogen (secondary N) is 1. The maximum Gasteiger partial charge on any atom is 0.306 e. The average molecular weight is 416 g/mol. The molecule has 5 rings (SSSR count). The van der Waals surface area contributed by atoms with Crippen molar-refractivity contribution in [2.45, 2.75) is 69.9 Å². The third-order valence-electron chi connectivity index (χ3n) is 7.17. The molecule has 4 bridgehead atoms. The molecule has 1 aromatic rings. The Kier molecular flexibility index (Phi) is 5.94. The normalized spacial score (nSPS) is 29.9. The molecule has 4 aliphatic rings. The van der Waals surface area contributed by atoms with Crippen LogP contribution in [0.1, 0.15) is 57.4 Å². The first-order valence-electron chi connectivity index (χ1n) is 11.1. The van der Waals surface area contributed by atoms with Gasteiger partial charge in [0, 0.05) is 12.0 Å². The van der Waals surface area contributed by atoms with Crippen LogP contribution in [0.15, 0.2) is 18.2 Å². The van der Waals surface area contributed by atoms with Crippen molar-refractivity contribution in [3.8, 4) is 11.5 Å². The van der Waals surface area contributed by atoms with Crippen LogP contribution in [0.25, 0.3) is 0 Å². The number of hydrogen-bond donors (Lipinski definition) is 1. The monoisotopic (exact) mass is 415 g/mol. The highest BCUT2D eigenvalue weighted by Crippen LogP contribution is 2.55. The molecule has 4 fully saturated rings. The molecular formula is C24H33NO5. The number of methoxy groups -OCH3 is 2. The minimum Gasteiger partial charge on any atom is -0.493 e. The van der Waals surface area contributed by atoms with Gasteiger partial charge in [0.2, 0.25) is 0 Å². The van der Waals surface area contributed by atoms with E-state index in [0.29, 0.717) is 17.9 Å². The van der Waals surface area contributed by atoms with Crippen molar-refractivity contribution in [1.29, 1.82) is 0 Å². The lowest BCUT2D eigenvalue weighted by Gasteiger charge is -2.57. The molecule has 0 aromatic heterocycles. The molecule has 4 saturated carbocycles. The fraction of sp³-hybridized carbons (Fsp3) is 0.667. The highest BCUT2D eigenvalue weighted by Gasteiger charge is 2.51. The second-order valence-corrected chi connectivity index (χ2v) is 9.51. The number of ether oxygens (including phenoxy) is 3. The molecule has 4 aliphatic carbocycles. The van der Waals surface area contributed by atoms with Crippen LogP contribution in [0.4, 0.5) is 0 Å². The third-order valence-corrected chi connectivity index (χ3v) is 7.17. The van der Waals surface area contributed by atoms with Gasteiger partial charge in [0.25, 0.3) is 5.91 Å². The van der Waals surface area contributed by atoms with Crippen LogP contribution in [0.2, 0.25) is 0 Å². The molecule has 164 valence electrons. The number of aryl methyl sites for hydroxylation is 1. The van der Waals surface area contributed by atoms with Crippen molar-refractivity contribution in [3.05, 3.63) is 23.8 Å². The van der Waals surface area contributed by atoms with Crippen LogP contribution < -0.4 is 14.8 Å². The SMILES string of the molecule is COc1ccc(CCC(=O)O[C@@H](C)C(=O)NC23CC4CC(CC(C4)C2)C3)cc1OC. The summed E-state index contributed by atoms with van der Waals surface area (Å²) in [5, 5.41) is 3.28. The number of hydrogen-bond acceptors (Lipinski definition) is 5. The van der Waals surface area contributed by atoms with Gasteiger partial charge in [0.05, 0.1) is 14.2 Å². The molecule has 1 N–H and O–H groups in total. The van der Waals surface area contributed by atoms with E-state index >= 15 is 0 Å². The van der Waals surface area contributed by atoms with E-state index in [1.54, 1.807) is 21.1 Å². The van der Waals surface area contributed by atoms with Gasteiger partial charge in [-0.2, -0.15) is 0 Å². The van der Waals surface area contributed by atoms with Crippen LogP contribution >= 0.6 is 0 Å². The summed E-state index contributed by atoms with van der Waals surface area (Å²) in [5.74, 6) is 3.04. The van der Waals surface area contributed by atoms with Crippen LogP contribution in [-0.2, 0) is 20.7 Å². The van der Waals surface area contributed by atoms with Crippen molar-refractivity contribution < 1.29 is 23.8 Å². The van der Waals surface area contributed by atoms with E-state index in [1.807, 2.05) is 18.2 Å². The van der Waals surface area contributed by atoms with Crippen molar-refractivity contribution in [2.75, 3.05) is 14.2 Å². The van der Waals surface area contributed by atoms with E-state index in [-0.39, 0.29) is 23.8 Å². The molecule has 0 heterocycles. The Bertz CT molecular complexity index is 770. The summed E-state index contributed by atoms with van der Waals surface area (Å²) < 4.78 is 16.0. The van der Waals surface area contributed by atoms with E-state index < -0.39 is 6.10 Å². The standard InChI is InChI=1S/C24H33NO5/c1-15(23(27)25-24-12-17-8-18(13-24)10-19(9-17)14-24)30-22(26)7-5-16-4-6-20(28-2)21(11-16)29-3/h4,6,11,15,17-19H,5,7-10,12-14H2,1-3H3,(H,25,27)/t15-,17?,18?,19?,24?/m0/s1. The molecule has 1 atom stereocenters. The summed E-state index contributed by atoms with van der Waals surface area (Å²) in [6.45, 7) is 1.67. The van der Waals surface area contributed by atoms with E-state index in [2.05, 4.69) is 5.32 Å². The maximum absolute atomic E-state index is 12.8. The number of carbonyl (C=O) groups excluding carboxylic acids is 2. The maximum atomic E-state index is 12.8. The highest BCUT2D eigenvalue weighted by atomic mass is 16.5. The number of carbonyl (C=O) groups is 2. The lowest BCUT2D eigenvalue weighted by atomic mass is 9.53. The van der Waals surface area contributed by atoms with Gasteiger partial charge in [0.1, 0.15) is 0 Å². The zero-order valence-corrected chi connectivity index (χ0v) is 18.2. The van der Waals surface area contributed by atoms with Crippen molar-refractivity contribution in [1.82, 2.24) is 5.32 Å². The summed E-state index contributed by atoms with van der Waals surface area (Å²) in [6.07, 6.45) is 7.21. The summed E-state index contributed by atoms with van der Waals surface area (Å²) in [7, 11) is 3.17. The molecule has 0 aliphatic heterocycles. The number of benzene rings is 1. The minimum absolute atomic E-state index is 0.0633. The predicted molar refractivity (Wildman–Crippen MR) is 112 cm³/mol. The topological polar surface area (TPSA) is 73.9 Å². The molecule has 1 aromatic carbocycles. The second-order valence-electron chi connectivity index (χ2n) is 9.51. The van der Waals surface area contributed by atoms with Gasteiger partial charge in [-0.25, -0.2) is 0 Å². The molecule has 0 spiro atoms. The van der Waals surface area contributed by atoms with Crippen molar-refractivity contribution in [2.24, 2.45) is 17.8 Å². The molecule has 6 heteroatoms. The van der Waals surface area contributed by atoms with Crippen LogP contribution in [-0.4, -0.2) is 37.7 Å². The lowest BCUT2D eigenvalue weighted by Crippen LogP contribution is -2.61. The Morgan fingerprint density at radius 2 is 1.63 bits per heavy atom. The summed E-state index contributed by atoms with van der Waals surface area (Å²) in [5.41, 5.74) is 0.891. The number of amides is 1. The smallest absolute Gasteiger partial charge is 0.306 e. The van der Waals surface area contributed by atoms with Gasteiger partial charge < -0.3 is 19.5 Å². The van der Waals surface area contributed by atoms with Gasteiger partial charge in [-0.1, -0.05) is 6.07 Å². The molecule has 6 nitrogen and oxygen atoms in total. The van der Waals surface area contributed by atoms with Gasteiger partial charge in [-0.3, -0.25) is 9.59 Å². The molecule has 0 radical (unpaired) electrons. The molecular weight excluding hydrogens is 382 g/mol. The third kappa shape index (κ3) is 4.42. The Morgan fingerprint density at radius 3 is 2.20 bits per heavy atom. The molecule has 0 saturated heterocycles. The van der Waals surface area contributed by atoms with Crippen LogP contribution in [0.5, 0.6) is 11.5 Å². The van der Waals surface area contributed by atoms with Crippen LogP contribution in [0, 0.1) is 17.8 Å². The van der Waals surface area contributed by atoms with E-state index in [0.717, 1.165) is 42.6 Å². The predicted octanol–water partition coefficient (Wildman–Crippen LogP) is 3.65. The van der Waals surface area contributed by atoms with Crippen LogP contribution in [0.3, 0.4) is 0 Å². The van der Waals surface area contributed by atoms with Crippen molar-refractivity contribution in [3.63, 3.8) is 0 Å². The fourth-order valence-corrected chi connectivity index (χ4v) is 6.22. The molecule has 30 heavy (non-hydrogen) atoms. The van der Waals surface area contributed by atoms with Gasteiger partial charge in [-0.05, 0) is 87.3 Å². The Balaban J connectivity index is 1.27. The first-order valence-corrected chi connectivity index (χ1v) is 11.1. The van der Waals surface area contributed by atoms with Gasteiger partial charge in [-0.15, -0.1) is 0 Å². The largest absolute Gasteiger partial charge is 0.493 e. The molecule has 1 amide bonds. The summed E-state index contributed by atoms with van der Waals surface area (Å²) in [4.78, 5) is 25.1. The highest BCUT2D eigenvalue weighted by molar-refractivity contribution is 5.84. The Labute approximate surface area is 178 Å². The van der Waals surface area contributed by atoms with Gasteiger partial charge in [0.15, 0.2) is 17.6 Å². The average Bonchev–Trinajstić information content (AvgIpc) is 2.70. The van der Waals surface area contributed by atoms with Crippen molar-refractivity contribution >= 4 is 11.9 Å². The zero-order chi connectivity index (χ0) is 21.3. The van der Waals surface area contributed by atoms with E-state index in [9.17, 15) is 9.59 Å². The zero-order valence-electron chi connectivity index (χ0n) is 18.2. The first-order chi connectivity index (χ1) is 14.4. The summed E-state index contributed by atoms with van der Waals surface area (Å²) in [6, 6.07) is 5.58. The summed E-state index contributed by atoms with van der Waals surface area (Å²) >= 11 is 0. The number of rotatable bonds is 8. The lowest BCUT2D eigenvalue weighted by molar-refractivity contribution is -0.156. The first kappa shape index (κ1) is 21.0. The number of esters is 1. The van der Waals surface area contributed by atoms with Gasteiger partial charge >= 0.3 is 5.97 Å². The fourth-order valence-electron chi connectivity index (χ4n) is 6.22. The minimum atomic E-state index is -0.768. The molecule has 0 unspecified atom stereocenters.